The van der Waals surface area contributed by atoms with Crippen LogP contribution in [0.5, 0.6) is 0 Å². The lowest BCUT2D eigenvalue weighted by Crippen LogP contribution is -1.77. The molecule has 0 spiro atoms. The van der Waals surface area contributed by atoms with Crippen LogP contribution in [-0.2, 0) is 0 Å². The van der Waals surface area contributed by atoms with Crippen molar-refractivity contribution >= 4 is 45.0 Å². The number of para-hydroxylation sites is 2. The van der Waals surface area contributed by atoms with Crippen molar-refractivity contribution in [1.82, 2.24) is 4.98 Å². The van der Waals surface area contributed by atoms with Crippen molar-refractivity contribution < 1.29 is 4.42 Å². The summed E-state index contributed by atoms with van der Waals surface area (Å²) >= 11 is 3.43. The first-order valence-corrected chi connectivity index (χ1v) is 8.99. The van der Waals surface area contributed by atoms with Gasteiger partial charge >= 0.3 is 0 Å². The standard InChI is InChI=1S/C22H15BrN2O/c23-18-12-10-16(11-13-18)5-4-14-24-19-7-3-6-17(15-19)22-25-20-8-1-2-9-21(20)26-22/h1-15H/b5-4-,24-14?. The third-order valence-electron chi connectivity index (χ3n) is 3.86. The number of hydrogen-bond acceptors (Lipinski definition) is 3. The van der Waals surface area contributed by atoms with Crippen LogP contribution in [0.25, 0.3) is 28.6 Å². The molecule has 3 aromatic carbocycles. The van der Waals surface area contributed by atoms with Gasteiger partial charge in [-0.05, 0) is 54.1 Å². The van der Waals surface area contributed by atoms with Crippen molar-refractivity contribution in [3.8, 4) is 11.5 Å². The normalized spacial score (nSPS) is 11.7. The van der Waals surface area contributed by atoms with Gasteiger partial charge in [0.25, 0.3) is 0 Å². The molecular weight excluding hydrogens is 388 g/mol. The molecule has 4 rings (SSSR count). The van der Waals surface area contributed by atoms with Gasteiger partial charge in [-0.15, -0.1) is 0 Å². The van der Waals surface area contributed by atoms with Crippen LogP contribution >= 0.6 is 15.9 Å². The maximum absolute atomic E-state index is 5.82. The van der Waals surface area contributed by atoms with Gasteiger partial charge in [0, 0.05) is 16.3 Å². The average molecular weight is 403 g/mol. The van der Waals surface area contributed by atoms with Gasteiger partial charge in [0.2, 0.25) is 5.89 Å². The zero-order valence-electron chi connectivity index (χ0n) is 13.8. The molecule has 0 saturated carbocycles. The monoisotopic (exact) mass is 402 g/mol. The van der Waals surface area contributed by atoms with E-state index in [4.69, 9.17) is 4.42 Å². The van der Waals surface area contributed by atoms with Crippen molar-refractivity contribution in [2.24, 2.45) is 4.99 Å². The van der Waals surface area contributed by atoms with E-state index in [0.717, 1.165) is 32.4 Å². The predicted octanol–water partition coefficient (Wildman–Crippen LogP) is 6.67. The molecule has 1 aromatic heterocycles. The minimum absolute atomic E-state index is 0.605. The van der Waals surface area contributed by atoms with Gasteiger partial charge in [-0.25, -0.2) is 4.98 Å². The average Bonchev–Trinajstić information content (AvgIpc) is 3.11. The molecule has 0 atom stereocenters. The van der Waals surface area contributed by atoms with Gasteiger partial charge in [-0.2, -0.15) is 0 Å². The van der Waals surface area contributed by atoms with E-state index in [2.05, 4.69) is 25.9 Å². The summed E-state index contributed by atoms with van der Waals surface area (Å²) in [5.41, 5.74) is 4.53. The molecule has 0 radical (unpaired) electrons. The minimum Gasteiger partial charge on any atom is -0.436 e. The lowest BCUT2D eigenvalue weighted by atomic mass is 10.2. The van der Waals surface area contributed by atoms with E-state index in [1.165, 1.54) is 0 Å². The highest BCUT2D eigenvalue weighted by Gasteiger charge is 2.07. The summed E-state index contributed by atoms with van der Waals surface area (Å²) in [7, 11) is 0. The highest BCUT2D eigenvalue weighted by atomic mass is 79.9. The molecule has 0 aliphatic carbocycles. The topological polar surface area (TPSA) is 38.4 Å². The quantitative estimate of drug-likeness (QED) is 0.357. The van der Waals surface area contributed by atoms with Gasteiger partial charge in [0.05, 0.1) is 5.69 Å². The third kappa shape index (κ3) is 3.81. The van der Waals surface area contributed by atoms with E-state index in [-0.39, 0.29) is 0 Å². The van der Waals surface area contributed by atoms with E-state index in [0.29, 0.717) is 5.89 Å². The van der Waals surface area contributed by atoms with Crippen LogP contribution in [0.4, 0.5) is 5.69 Å². The molecule has 0 aliphatic rings. The van der Waals surface area contributed by atoms with E-state index in [1.807, 2.05) is 84.9 Å². The molecule has 3 nitrogen and oxygen atoms in total. The summed E-state index contributed by atoms with van der Waals surface area (Å²) in [5.74, 6) is 0.605. The SMILES string of the molecule is Brc1ccc(/C=C\C=Nc2cccc(-c3nc4ccccc4o3)c2)cc1. The molecule has 0 aliphatic heterocycles. The van der Waals surface area contributed by atoms with Crippen LogP contribution < -0.4 is 0 Å². The number of nitrogens with zero attached hydrogens (tertiary/aromatic N) is 2. The molecule has 0 N–H and O–H groups in total. The number of benzene rings is 3. The third-order valence-corrected chi connectivity index (χ3v) is 4.38. The molecule has 0 bridgehead atoms. The van der Waals surface area contributed by atoms with Crippen molar-refractivity contribution in [2.45, 2.75) is 0 Å². The summed E-state index contributed by atoms with van der Waals surface area (Å²) in [4.78, 5) is 9.02. The molecule has 0 unspecified atom stereocenters. The van der Waals surface area contributed by atoms with Gasteiger partial charge in [0.15, 0.2) is 5.58 Å². The molecule has 1 heterocycles. The number of hydrogen-bond donors (Lipinski definition) is 0. The lowest BCUT2D eigenvalue weighted by Gasteiger charge is -1.97. The smallest absolute Gasteiger partial charge is 0.227 e. The van der Waals surface area contributed by atoms with Crippen LogP contribution in [0.3, 0.4) is 0 Å². The van der Waals surface area contributed by atoms with Crippen LogP contribution in [-0.4, -0.2) is 11.2 Å². The Labute approximate surface area is 159 Å². The van der Waals surface area contributed by atoms with Crippen molar-refractivity contribution in [3.05, 3.63) is 88.9 Å². The number of halogens is 1. The zero-order valence-corrected chi connectivity index (χ0v) is 15.4. The molecule has 0 fully saturated rings. The van der Waals surface area contributed by atoms with Crippen molar-refractivity contribution in [2.75, 3.05) is 0 Å². The first-order valence-electron chi connectivity index (χ1n) is 8.20. The number of fused-ring (bicyclic) bond motifs is 1. The fourth-order valence-electron chi connectivity index (χ4n) is 2.57. The predicted molar refractivity (Wildman–Crippen MR) is 111 cm³/mol. The number of aliphatic imine (C=N–C) groups is 1. The van der Waals surface area contributed by atoms with E-state index in [9.17, 15) is 0 Å². The Kier molecular flexibility index (Phi) is 4.75. The van der Waals surface area contributed by atoms with Gasteiger partial charge in [0.1, 0.15) is 5.52 Å². The zero-order chi connectivity index (χ0) is 17.8. The Morgan fingerprint density at radius 2 is 1.77 bits per heavy atom. The summed E-state index contributed by atoms with van der Waals surface area (Å²) in [6, 6.07) is 23.7. The Balaban J connectivity index is 1.52. The molecular formula is C22H15BrN2O. The summed E-state index contributed by atoms with van der Waals surface area (Å²) in [5, 5.41) is 0. The van der Waals surface area contributed by atoms with Gasteiger partial charge in [-0.3, -0.25) is 4.99 Å². The van der Waals surface area contributed by atoms with Gasteiger partial charge in [-0.1, -0.05) is 52.3 Å². The fraction of sp³-hybridized carbons (Fsp3) is 0. The number of allylic oxidation sites excluding steroid dienone is 1. The van der Waals surface area contributed by atoms with Crippen molar-refractivity contribution in [3.63, 3.8) is 0 Å². The Morgan fingerprint density at radius 3 is 2.62 bits per heavy atom. The highest BCUT2D eigenvalue weighted by molar-refractivity contribution is 9.10. The Bertz CT molecular complexity index is 1060. The second-order valence-corrected chi connectivity index (χ2v) is 6.64. The Hall–Kier alpha value is -2.98. The van der Waals surface area contributed by atoms with Crippen LogP contribution in [0.15, 0.2) is 92.8 Å². The summed E-state index contributed by atoms with van der Waals surface area (Å²) in [6.45, 7) is 0. The van der Waals surface area contributed by atoms with Crippen molar-refractivity contribution in [1.29, 1.82) is 0 Å². The number of oxazole rings is 1. The number of aromatic nitrogens is 1. The molecule has 126 valence electrons. The second kappa shape index (κ2) is 7.50. The summed E-state index contributed by atoms with van der Waals surface area (Å²) < 4.78 is 6.89. The van der Waals surface area contributed by atoms with Crippen LogP contribution in [0, 0.1) is 0 Å². The number of rotatable bonds is 4. The Morgan fingerprint density at radius 1 is 0.923 bits per heavy atom. The first kappa shape index (κ1) is 16.5. The van der Waals surface area contributed by atoms with Crippen LogP contribution in [0.2, 0.25) is 0 Å². The largest absolute Gasteiger partial charge is 0.436 e. The minimum atomic E-state index is 0.605. The lowest BCUT2D eigenvalue weighted by molar-refractivity contribution is 0.620. The van der Waals surface area contributed by atoms with E-state index < -0.39 is 0 Å². The first-order chi connectivity index (χ1) is 12.8. The molecule has 26 heavy (non-hydrogen) atoms. The van der Waals surface area contributed by atoms with Gasteiger partial charge < -0.3 is 4.42 Å². The molecule has 4 heteroatoms. The summed E-state index contributed by atoms with van der Waals surface area (Å²) in [6.07, 6.45) is 5.73. The van der Waals surface area contributed by atoms with Crippen LogP contribution in [0.1, 0.15) is 5.56 Å². The maximum Gasteiger partial charge on any atom is 0.227 e. The van der Waals surface area contributed by atoms with E-state index in [1.54, 1.807) is 6.21 Å². The molecule has 0 saturated heterocycles. The maximum atomic E-state index is 5.82. The fourth-order valence-corrected chi connectivity index (χ4v) is 2.84. The van der Waals surface area contributed by atoms with E-state index >= 15 is 0 Å². The molecule has 0 amide bonds. The molecule has 4 aromatic rings. The highest BCUT2D eigenvalue weighted by Crippen LogP contribution is 2.26. The second-order valence-electron chi connectivity index (χ2n) is 5.73.